The molecular formula is C14H28N2O. The second-order valence-corrected chi connectivity index (χ2v) is 6.54. The molecule has 0 aliphatic carbocycles. The number of hydrogen-bond acceptors (Lipinski definition) is 2. The Morgan fingerprint density at radius 3 is 2.53 bits per heavy atom. The highest BCUT2D eigenvalue weighted by molar-refractivity contribution is 5.79. The molecule has 3 heteroatoms. The van der Waals surface area contributed by atoms with Crippen LogP contribution in [-0.2, 0) is 4.79 Å². The number of nitrogens with two attached hydrogens (primary N) is 1. The second kappa shape index (κ2) is 5.85. The summed E-state index contributed by atoms with van der Waals surface area (Å²) in [5.74, 6) is 0.982. The van der Waals surface area contributed by atoms with Gasteiger partial charge in [-0.2, -0.15) is 0 Å². The first kappa shape index (κ1) is 14.5. The van der Waals surface area contributed by atoms with E-state index >= 15 is 0 Å². The Bertz CT molecular complexity index is 257. The summed E-state index contributed by atoms with van der Waals surface area (Å²) in [4.78, 5) is 14.4. The Balaban J connectivity index is 2.55. The molecule has 1 saturated heterocycles. The predicted octanol–water partition coefficient (Wildman–Crippen LogP) is 2.26. The summed E-state index contributed by atoms with van der Waals surface area (Å²) >= 11 is 0. The minimum atomic E-state index is 0.00519. The highest BCUT2D eigenvalue weighted by atomic mass is 16.2. The molecule has 1 rings (SSSR count). The third-order valence-corrected chi connectivity index (χ3v) is 3.67. The van der Waals surface area contributed by atoms with Crippen LogP contribution in [0.2, 0.25) is 0 Å². The van der Waals surface area contributed by atoms with Crippen LogP contribution in [0, 0.1) is 17.3 Å². The molecule has 100 valence electrons. The van der Waals surface area contributed by atoms with Crippen LogP contribution in [0.3, 0.4) is 0 Å². The van der Waals surface area contributed by atoms with Gasteiger partial charge in [0.15, 0.2) is 0 Å². The highest BCUT2D eigenvalue weighted by Gasteiger charge is 2.31. The van der Waals surface area contributed by atoms with Crippen LogP contribution >= 0.6 is 0 Å². The number of carbonyl (C=O) groups is 1. The third kappa shape index (κ3) is 4.30. The average Bonchev–Trinajstić information content (AvgIpc) is 2.72. The molecule has 0 bridgehead atoms. The van der Waals surface area contributed by atoms with Gasteiger partial charge in [-0.3, -0.25) is 4.79 Å². The molecule has 0 aromatic rings. The van der Waals surface area contributed by atoms with Gasteiger partial charge in [-0.05, 0) is 24.2 Å². The summed E-state index contributed by atoms with van der Waals surface area (Å²) in [6.45, 7) is 11.1. The second-order valence-electron chi connectivity index (χ2n) is 6.54. The lowest BCUT2D eigenvalue weighted by molar-refractivity contribution is -0.135. The van der Waals surface area contributed by atoms with Crippen molar-refractivity contribution < 1.29 is 4.79 Å². The number of rotatable bonds is 4. The molecule has 1 amide bonds. The molecule has 0 radical (unpaired) electrons. The fourth-order valence-electron chi connectivity index (χ4n) is 2.63. The molecule has 17 heavy (non-hydrogen) atoms. The van der Waals surface area contributed by atoms with Crippen LogP contribution in [0.5, 0.6) is 0 Å². The number of nitrogens with zero attached hydrogens (tertiary/aromatic N) is 1. The van der Waals surface area contributed by atoms with E-state index in [0.717, 1.165) is 25.9 Å². The fourth-order valence-corrected chi connectivity index (χ4v) is 2.63. The van der Waals surface area contributed by atoms with Gasteiger partial charge in [-0.15, -0.1) is 0 Å². The molecule has 1 aliphatic heterocycles. The maximum atomic E-state index is 12.4. The maximum Gasteiger partial charge on any atom is 0.226 e. The smallest absolute Gasteiger partial charge is 0.226 e. The largest absolute Gasteiger partial charge is 0.342 e. The van der Waals surface area contributed by atoms with Crippen LogP contribution in [-0.4, -0.2) is 30.4 Å². The van der Waals surface area contributed by atoms with E-state index in [1.807, 2.05) is 4.90 Å². The molecule has 2 unspecified atom stereocenters. The van der Waals surface area contributed by atoms with E-state index in [2.05, 4.69) is 27.7 Å². The number of likely N-dealkylation sites (tertiary alicyclic amines) is 1. The van der Waals surface area contributed by atoms with Crippen molar-refractivity contribution in [2.45, 2.75) is 47.0 Å². The van der Waals surface area contributed by atoms with E-state index < -0.39 is 0 Å². The fraction of sp³-hybridized carbons (Fsp3) is 0.929. The average molecular weight is 240 g/mol. The predicted molar refractivity (Wildman–Crippen MR) is 71.6 cm³/mol. The summed E-state index contributed by atoms with van der Waals surface area (Å²) < 4.78 is 0. The van der Waals surface area contributed by atoms with Crippen molar-refractivity contribution in [1.82, 2.24) is 4.90 Å². The van der Waals surface area contributed by atoms with E-state index in [9.17, 15) is 4.79 Å². The molecule has 0 aromatic heterocycles. The molecule has 0 saturated carbocycles. The lowest BCUT2D eigenvalue weighted by Gasteiger charge is -2.28. The standard InChI is InChI=1S/C14H28N2O/c1-5-11-6-7-16(10-11)13(17)12(9-15)8-14(2,3)4/h11-12H,5-10,15H2,1-4H3. The highest BCUT2D eigenvalue weighted by Crippen LogP contribution is 2.27. The normalized spacial score (nSPS) is 22.9. The number of hydrogen-bond donors (Lipinski definition) is 1. The Morgan fingerprint density at radius 2 is 2.12 bits per heavy atom. The van der Waals surface area contributed by atoms with E-state index in [0.29, 0.717) is 12.5 Å². The zero-order valence-electron chi connectivity index (χ0n) is 11.8. The molecule has 1 aliphatic rings. The van der Waals surface area contributed by atoms with Crippen molar-refractivity contribution in [1.29, 1.82) is 0 Å². The van der Waals surface area contributed by atoms with Gasteiger partial charge in [0, 0.05) is 19.6 Å². The van der Waals surface area contributed by atoms with Gasteiger partial charge in [0.2, 0.25) is 5.91 Å². The molecule has 2 N–H and O–H groups in total. The third-order valence-electron chi connectivity index (χ3n) is 3.67. The lowest BCUT2D eigenvalue weighted by Crippen LogP contribution is -2.39. The number of amides is 1. The van der Waals surface area contributed by atoms with Crippen LogP contribution in [0.4, 0.5) is 0 Å². The first-order chi connectivity index (χ1) is 7.87. The Labute approximate surface area is 106 Å². The molecule has 1 heterocycles. The lowest BCUT2D eigenvalue weighted by atomic mass is 9.84. The van der Waals surface area contributed by atoms with E-state index in [1.165, 1.54) is 6.42 Å². The summed E-state index contributed by atoms with van der Waals surface area (Å²) in [7, 11) is 0. The number of carbonyl (C=O) groups excluding carboxylic acids is 1. The van der Waals surface area contributed by atoms with Gasteiger partial charge >= 0.3 is 0 Å². The van der Waals surface area contributed by atoms with E-state index in [-0.39, 0.29) is 17.2 Å². The van der Waals surface area contributed by atoms with Crippen molar-refractivity contribution in [3.8, 4) is 0 Å². The minimum absolute atomic E-state index is 0.00519. The quantitative estimate of drug-likeness (QED) is 0.819. The van der Waals surface area contributed by atoms with Gasteiger partial charge in [-0.25, -0.2) is 0 Å². The zero-order valence-corrected chi connectivity index (χ0v) is 11.8. The van der Waals surface area contributed by atoms with Crippen molar-refractivity contribution in [3.63, 3.8) is 0 Å². The Hall–Kier alpha value is -0.570. The molecule has 1 fully saturated rings. The van der Waals surface area contributed by atoms with Gasteiger partial charge in [0.25, 0.3) is 0 Å². The van der Waals surface area contributed by atoms with E-state index in [4.69, 9.17) is 5.73 Å². The van der Waals surface area contributed by atoms with Crippen molar-refractivity contribution >= 4 is 5.91 Å². The van der Waals surface area contributed by atoms with Gasteiger partial charge < -0.3 is 10.6 Å². The molecule has 0 spiro atoms. The summed E-state index contributed by atoms with van der Waals surface area (Å²) in [6, 6.07) is 0. The monoisotopic (exact) mass is 240 g/mol. The van der Waals surface area contributed by atoms with Crippen molar-refractivity contribution in [3.05, 3.63) is 0 Å². The molecule has 0 aromatic carbocycles. The van der Waals surface area contributed by atoms with Crippen molar-refractivity contribution in [2.24, 2.45) is 23.0 Å². The minimum Gasteiger partial charge on any atom is -0.342 e. The van der Waals surface area contributed by atoms with Gasteiger partial charge in [-0.1, -0.05) is 34.1 Å². The molecular weight excluding hydrogens is 212 g/mol. The van der Waals surface area contributed by atoms with Crippen LogP contribution < -0.4 is 5.73 Å². The van der Waals surface area contributed by atoms with Gasteiger partial charge in [0.1, 0.15) is 0 Å². The first-order valence-corrected chi connectivity index (χ1v) is 6.86. The SMILES string of the molecule is CCC1CCN(C(=O)C(CN)CC(C)(C)C)C1. The first-order valence-electron chi connectivity index (χ1n) is 6.86. The molecule has 3 nitrogen and oxygen atoms in total. The van der Waals surface area contributed by atoms with E-state index in [1.54, 1.807) is 0 Å². The Morgan fingerprint density at radius 1 is 1.47 bits per heavy atom. The zero-order chi connectivity index (χ0) is 13.1. The van der Waals surface area contributed by atoms with Crippen LogP contribution in [0.15, 0.2) is 0 Å². The van der Waals surface area contributed by atoms with Crippen molar-refractivity contribution in [2.75, 3.05) is 19.6 Å². The summed E-state index contributed by atoms with van der Waals surface area (Å²) in [6.07, 6.45) is 3.22. The maximum absolute atomic E-state index is 12.4. The Kier molecular flexibility index (Phi) is 4.99. The summed E-state index contributed by atoms with van der Waals surface area (Å²) in [5, 5.41) is 0. The summed E-state index contributed by atoms with van der Waals surface area (Å²) in [5.41, 5.74) is 5.94. The van der Waals surface area contributed by atoms with Crippen LogP contribution in [0.25, 0.3) is 0 Å². The van der Waals surface area contributed by atoms with Crippen LogP contribution in [0.1, 0.15) is 47.0 Å². The van der Waals surface area contributed by atoms with Gasteiger partial charge in [0.05, 0.1) is 5.92 Å². The topological polar surface area (TPSA) is 46.3 Å². The molecule has 2 atom stereocenters.